The number of fused-ring (bicyclic) bond motifs is 1. The summed E-state index contributed by atoms with van der Waals surface area (Å²) < 4.78 is 0. The largest absolute Gasteiger partial charge is 0.289 e. The van der Waals surface area contributed by atoms with E-state index < -0.39 is 0 Å². The predicted molar refractivity (Wildman–Crippen MR) is 60.8 cm³/mol. The van der Waals surface area contributed by atoms with E-state index in [0.29, 0.717) is 0 Å². The molecule has 1 aromatic rings. The molecule has 0 atom stereocenters. The van der Waals surface area contributed by atoms with Crippen LogP contribution in [0.1, 0.15) is 29.8 Å². The first-order valence-corrected chi connectivity index (χ1v) is 4.89. The van der Waals surface area contributed by atoms with E-state index in [-0.39, 0.29) is 5.78 Å². The molecule has 14 heavy (non-hydrogen) atoms. The van der Waals surface area contributed by atoms with Crippen LogP contribution in [0.2, 0.25) is 0 Å². The zero-order chi connectivity index (χ0) is 10.3. The number of carbonyl (C=O) groups is 1. The number of hydrogen-bond acceptors (Lipinski definition) is 2. The molecule has 0 bridgehead atoms. The van der Waals surface area contributed by atoms with Crippen molar-refractivity contribution in [2.45, 2.75) is 13.8 Å². The lowest BCUT2D eigenvalue weighted by Gasteiger charge is -2.18. The highest BCUT2D eigenvalue weighted by atomic mass is 32.1. The molecule has 0 fully saturated rings. The average molecular weight is 202 g/mol. The molecule has 2 heteroatoms. The minimum absolute atomic E-state index is 0.103. The number of Topliss-reactive ketones (excluding diaryl/α,β-unsaturated/α-hetero) is 1. The molecule has 1 aliphatic rings. The van der Waals surface area contributed by atoms with Gasteiger partial charge in [-0.2, -0.15) is 0 Å². The van der Waals surface area contributed by atoms with Crippen LogP contribution in [0.3, 0.4) is 0 Å². The zero-order valence-corrected chi connectivity index (χ0v) is 8.94. The molecular formula is C12H10OS. The molecule has 0 unspecified atom stereocenters. The maximum absolute atomic E-state index is 11.9. The number of thiocarbonyl (C=S) groups is 1. The highest BCUT2D eigenvalue weighted by molar-refractivity contribution is 7.81. The summed E-state index contributed by atoms with van der Waals surface area (Å²) in [6, 6.07) is 7.52. The predicted octanol–water partition coefficient (Wildman–Crippen LogP) is 2.94. The minimum atomic E-state index is 0.103. The Labute approximate surface area is 88.4 Å². The molecule has 1 aliphatic carbocycles. The molecule has 70 valence electrons. The van der Waals surface area contributed by atoms with Crippen LogP contribution in [0, 0.1) is 0 Å². The Morgan fingerprint density at radius 1 is 1.00 bits per heavy atom. The van der Waals surface area contributed by atoms with Gasteiger partial charge in [0.05, 0.1) is 0 Å². The molecule has 1 nitrogen and oxygen atoms in total. The van der Waals surface area contributed by atoms with Gasteiger partial charge >= 0.3 is 0 Å². The van der Waals surface area contributed by atoms with Gasteiger partial charge in [0.25, 0.3) is 0 Å². The summed E-state index contributed by atoms with van der Waals surface area (Å²) in [7, 11) is 0. The number of hydrogen-bond donors (Lipinski definition) is 0. The van der Waals surface area contributed by atoms with Crippen molar-refractivity contribution in [1.29, 1.82) is 0 Å². The molecular weight excluding hydrogens is 192 g/mol. The SMILES string of the molecule is CC1=C(C)C(=S)c2ccccc2C1=O. The van der Waals surface area contributed by atoms with E-state index in [4.69, 9.17) is 12.2 Å². The second-order valence-corrected chi connectivity index (χ2v) is 3.86. The fourth-order valence-electron chi connectivity index (χ4n) is 1.62. The van der Waals surface area contributed by atoms with Crippen LogP contribution < -0.4 is 0 Å². The third kappa shape index (κ3) is 1.15. The van der Waals surface area contributed by atoms with Gasteiger partial charge in [-0.1, -0.05) is 36.5 Å². The maximum atomic E-state index is 11.9. The van der Waals surface area contributed by atoms with Gasteiger partial charge in [0.15, 0.2) is 5.78 Å². The van der Waals surface area contributed by atoms with Crippen molar-refractivity contribution >= 4 is 22.9 Å². The fraction of sp³-hybridized carbons (Fsp3) is 0.167. The summed E-state index contributed by atoms with van der Waals surface area (Å²) in [5.41, 5.74) is 3.34. The van der Waals surface area contributed by atoms with Crippen molar-refractivity contribution in [3.8, 4) is 0 Å². The summed E-state index contributed by atoms with van der Waals surface area (Å²) >= 11 is 5.30. The lowest BCUT2D eigenvalue weighted by atomic mass is 9.86. The summed E-state index contributed by atoms with van der Waals surface area (Å²) in [4.78, 5) is 12.7. The van der Waals surface area contributed by atoms with Crippen molar-refractivity contribution < 1.29 is 4.79 Å². The monoisotopic (exact) mass is 202 g/mol. The summed E-state index contributed by atoms with van der Waals surface area (Å²) in [5.74, 6) is 0.103. The van der Waals surface area contributed by atoms with Crippen molar-refractivity contribution in [3.05, 3.63) is 46.5 Å². The topological polar surface area (TPSA) is 17.1 Å². The highest BCUT2D eigenvalue weighted by Gasteiger charge is 2.23. The molecule has 1 aromatic carbocycles. The second-order valence-electron chi connectivity index (χ2n) is 3.45. The van der Waals surface area contributed by atoms with Crippen LogP contribution in [0.15, 0.2) is 35.4 Å². The number of allylic oxidation sites excluding steroid dienone is 2. The Morgan fingerprint density at radius 3 is 2.21 bits per heavy atom. The molecule has 0 N–H and O–H groups in total. The molecule has 0 heterocycles. The van der Waals surface area contributed by atoms with Crippen LogP contribution in [0.25, 0.3) is 0 Å². The van der Waals surface area contributed by atoms with Gasteiger partial charge in [-0.3, -0.25) is 4.79 Å². The van der Waals surface area contributed by atoms with Gasteiger partial charge in [-0.15, -0.1) is 0 Å². The molecule has 0 spiro atoms. The van der Waals surface area contributed by atoms with Crippen LogP contribution in [0.5, 0.6) is 0 Å². The number of rotatable bonds is 0. The van der Waals surface area contributed by atoms with E-state index in [1.54, 1.807) is 0 Å². The van der Waals surface area contributed by atoms with Gasteiger partial charge in [0.1, 0.15) is 0 Å². The van der Waals surface area contributed by atoms with Crippen LogP contribution in [-0.2, 0) is 0 Å². The second kappa shape index (κ2) is 3.14. The molecule has 0 saturated carbocycles. The Kier molecular flexibility index (Phi) is 2.08. The highest BCUT2D eigenvalue weighted by Crippen LogP contribution is 2.26. The first-order chi connectivity index (χ1) is 6.63. The summed E-state index contributed by atoms with van der Waals surface area (Å²) in [5, 5.41) is 0. The summed E-state index contributed by atoms with van der Waals surface area (Å²) in [6.07, 6.45) is 0. The zero-order valence-electron chi connectivity index (χ0n) is 8.13. The fourth-order valence-corrected chi connectivity index (χ4v) is 1.95. The lowest BCUT2D eigenvalue weighted by molar-refractivity contribution is 0.103. The molecule has 0 amide bonds. The quantitative estimate of drug-likeness (QED) is 0.602. The van der Waals surface area contributed by atoms with Crippen LogP contribution >= 0.6 is 12.2 Å². The first kappa shape index (κ1) is 9.28. The van der Waals surface area contributed by atoms with E-state index in [2.05, 4.69) is 0 Å². The Hall–Kier alpha value is -1.28. The molecule has 0 radical (unpaired) electrons. The Bertz CT molecular complexity index is 426. The first-order valence-electron chi connectivity index (χ1n) is 4.49. The smallest absolute Gasteiger partial charge is 0.189 e. The van der Waals surface area contributed by atoms with Crippen molar-refractivity contribution in [2.24, 2.45) is 0 Å². The Morgan fingerprint density at radius 2 is 1.57 bits per heavy atom. The summed E-state index contributed by atoms with van der Waals surface area (Å²) in [6.45, 7) is 3.74. The van der Waals surface area contributed by atoms with Crippen molar-refractivity contribution in [1.82, 2.24) is 0 Å². The standard InChI is InChI=1S/C12H10OS/c1-7-8(2)12(14)10-6-4-3-5-9(10)11(7)13/h3-6H,1-2H3. The van der Waals surface area contributed by atoms with E-state index in [1.165, 1.54) is 0 Å². The van der Waals surface area contributed by atoms with Gasteiger partial charge in [0, 0.05) is 21.6 Å². The molecule has 0 aliphatic heterocycles. The molecule has 0 saturated heterocycles. The third-order valence-corrected chi connectivity index (χ3v) is 3.19. The van der Waals surface area contributed by atoms with E-state index in [0.717, 1.165) is 27.1 Å². The van der Waals surface area contributed by atoms with Crippen LogP contribution in [0.4, 0.5) is 0 Å². The maximum Gasteiger partial charge on any atom is 0.189 e. The lowest BCUT2D eigenvalue weighted by Crippen LogP contribution is -2.18. The number of benzene rings is 1. The van der Waals surface area contributed by atoms with Gasteiger partial charge < -0.3 is 0 Å². The third-order valence-electron chi connectivity index (χ3n) is 2.66. The van der Waals surface area contributed by atoms with E-state index in [1.807, 2.05) is 38.1 Å². The molecule has 2 rings (SSSR count). The Balaban J connectivity index is 2.73. The van der Waals surface area contributed by atoms with E-state index >= 15 is 0 Å². The van der Waals surface area contributed by atoms with Crippen molar-refractivity contribution in [3.63, 3.8) is 0 Å². The van der Waals surface area contributed by atoms with Gasteiger partial charge in [0.2, 0.25) is 0 Å². The number of ketones is 1. The van der Waals surface area contributed by atoms with Gasteiger partial charge in [-0.25, -0.2) is 0 Å². The van der Waals surface area contributed by atoms with Crippen molar-refractivity contribution in [2.75, 3.05) is 0 Å². The van der Waals surface area contributed by atoms with E-state index in [9.17, 15) is 4.79 Å². The van der Waals surface area contributed by atoms with Crippen LogP contribution in [-0.4, -0.2) is 10.6 Å². The minimum Gasteiger partial charge on any atom is -0.289 e. The normalized spacial score (nSPS) is 15.9. The molecule has 0 aromatic heterocycles. The van der Waals surface area contributed by atoms with Gasteiger partial charge in [-0.05, 0) is 19.4 Å². The average Bonchev–Trinajstić information content (AvgIpc) is 2.23. The number of carbonyl (C=O) groups excluding carboxylic acids is 1.